The van der Waals surface area contributed by atoms with Gasteiger partial charge in [0.25, 0.3) is 5.91 Å². The Hall–Kier alpha value is -2.26. The van der Waals surface area contributed by atoms with Gasteiger partial charge in [0.1, 0.15) is 0 Å². The molecule has 0 fully saturated rings. The van der Waals surface area contributed by atoms with Crippen LogP contribution < -0.4 is 10.6 Å². The van der Waals surface area contributed by atoms with Crippen LogP contribution in [0.4, 0.5) is 5.69 Å². The Morgan fingerprint density at radius 1 is 1.09 bits per heavy atom. The van der Waals surface area contributed by atoms with Gasteiger partial charge in [-0.3, -0.25) is 9.59 Å². The van der Waals surface area contributed by atoms with E-state index in [1.807, 2.05) is 32.0 Å². The van der Waals surface area contributed by atoms with Crippen LogP contribution in [0, 0.1) is 6.92 Å². The highest BCUT2D eigenvalue weighted by Gasteiger charge is 2.20. The third-order valence-corrected chi connectivity index (χ3v) is 6.66. The highest BCUT2D eigenvalue weighted by atomic mass is 35.5. The molecule has 0 saturated heterocycles. The van der Waals surface area contributed by atoms with Gasteiger partial charge in [-0.25, -0.2) is 0 Å². The largest absolute Gasteiger partial charge is 0.342 e. The summed E-state index contributed by atoms with van der Waals surface area (Å²) in [6.07, 6.45) is 0. The van der Waals surface area contributed by atoms with E-state index >= 15 is 0 Å². The Bertz CT molecular complexity index is 1170. The molecule has 1 atom stereocenters. The molecule has 0 spiro atoms. The molecule has 3 aromatic rings. The third-order valence-electron chi connectivity index (χ3n) is 4.61. The highest BCUT2D eigenvalue weighted by molar-refractivity contribution is 7.99. The Morgan fingerprint density at radius 2 is 1.78 bits per heavy atom. The quantitative estimate of drug-likeness (QED) is 0.331. The second-order valence-electron chi connectivity index (χ2n) is 6.99. The first-order valence-electron chi connectivity index (χ1n) is 9.50. The lowest BCUT2D eigenvalue weighted by molar-refractivity contribution is -0.113. The van der Waals surface area contributed by atoms with Gasteiger partial charge < -0.3 is 15.2 Å². The molecule has 0 unspecified atom stereocenters. The molecule has 0 aliphatic heterocycles. The number of amides is 2. The highest BCUT2D eigenvalue weighted by Crippen LogP contribution is 2.32. The van der Waals surface area contributed by atoms with Crippen LogP contribution >= 0.6 is 46.6 Å². The summed E-state index contributed by atoms with van der Waals surface area (Å²) in [5.74, 6) is 0.167. The van der Waals surface area contributed by atoms with E-state index in [-0.39, 0.29) is 28.6 Å². The fourth-order valence-electron chi connectivity index (χ4n) is 2.93. The van der Waals surface area contributed by atoms with Gasteiger partial charge in [-0.15, -0.1) is 10.2 Å². The molecular weight excluding hydrogens is 493 g/mol. The number of aromatic nitrogens is 3. The number of nitrogens with zero attached hydrogens (tertiary/aromatic N) is 3. The van der Waals surface area contributed by atoms with E-state index in [2.05, 4.69) is 20.8 Å². The molecule has 1 heterocycles. The van der Waals surface area contributed by atoms with Crippen molar-refractivity contribution >= 4 is 64.1 Å². The number of thioether (sulfide) groups is 1. The lowest BCUT2D eigenvalue weighted by atomic mass is 10.1. The van der Waals surface area contributed by atoms with Crippen molar-refractivity contribution < 1.29 is 9.59 Å². The summed E-state index contributed by atoms with van der Waals surface area (Å²) in [5, 5.41) is 15.4. The monoisotopic (exact) mass is 511 g/mol. The molecule has 168 valence electrons. The zero-order valence-electron chi connectivity index (χ0n) is 17.4. The molecule has 2 aromatic carbocycles. The smallest absolute Gasteiger partial charge is 0.252 e. The molecule has 32 heavy (non-hydrogen) atoms. The topological polar surface area (TPSA) is 88.9 Å². The molecule has 2 amide bonds. The van der Waals surface area contributed by atoms with Crippen molar-refractivity contribution in [3.05, 3.63) is 68.4 Å². The van der Waals surface area contributed by atoms with Crippen molar-refractivity contribution in [2.24, 2.45) is 7.05 Å². The van der Waals surface area contributed by atoms with Gasteiger partial charge in [0.05, 0.1) is 32.5 Å². The number of carbonyl (C=O) groups is 2. The summed E-state index contributed by atoms with van der Waals surface area (Å²) in [6.45, 7) is 3.71. The number of nitrogens with one attached hydrogen (secondary N) is 2. The van der Waals surface area contributed by atoms with Crippen molar-refractivity contribution in [3.8, 4) is 0 Å². The van der Waals surface area contributed by atoms with E-state index < -0.39 is 0 Å². The number of halogens is 3. The lowest BCUT2D eigenvalue weighted by Gasteiger charge is -2.14. The maximum absolute atomic E-state index is 12.6. The first-order chi connectivity index (χ1) is 15.2. The number of aryl methyl sites for hydroxylation is 1. The van der Waals surface area contributed by atoms with Crippen LogP contribution in [0.1, 0.15) is 34.7 Å². The number of carbonyl (C=O) groups excluding carboxylic acids is 2. The number of hydrogen-bond donors (Lipinski definition) is 2. The SMILES string of the molecule is Cc1ccccc1C(=O)N[C@@H](C)c1nnc(SCC(=O)Nc2cc(Cl)c(Cl)cc2Cl)n1C. The van der Waals surface area contributed by atoms with Crippen molar-refractivity contribution in [3.63, 3.8) is 0 Å². The molecule has 1 aromatic heterocycles. The number of anilines is 1. The first-order valence-corrected chi connectivity index (χ1v) is 11.6. The fraction of sp³-hybridized carbons (Fsp3) is 0.238. The second-order valence-corrected chi connectivity index (χ2v) is 9.16. The average Bonchev–Trinajstić information content (AvgIpc) is 3.11. The van der Waals surface area contributed by atoms with Gasteiger partial charge in [-0.1, -0.05) is 64.8 Å². The minimum atomic E-state index is -0.377. The second kappa shape index (κ2) is 10.6. The van der Waals surface area contributed by atoms with Crippen molar-refractivity contribution in [2.45, 2.75) is 25.0 Å². The zero-order chi connectivity index (χ0) is 23.4. The molecule has 2 N–H and O–H groups in total. The molecule has 3 rings (SSSR count). The van der Waals surface area contributed by atoms with E-state index in [9.17, 15) is 9.59 Å². The Balaban J connectivity index is 1.61. The van der Waals surface area contributed by atoms with Crippen LogP contribution in [-0.4, -0.2) is 32.3 Å². The van der Waals surface area contributed by atoms with Gasteiger partial charge in [-0.05, 0) is 37.6 Å². The number of benzene rings is 2. The van der Waals surface area contributed by atoms with Crippen LogP contribution in [0.5, 0.6) is 0 Å². The van der Waals surface area contributed by atoms with E-state index in [1.165, 1.54) is 23.9 Å². The van der Waals surface area contributed by atoms with Crippen molar-refractivity contribution in [1.82, 2.24) is 20.1 Å². The zero-order valence-corrected chi connectivity index (χ0v) is 20.5. The average molecular weight is 513 g/mol. The predicted octanol–water partition coefficient (Wildman–Crippen LogP) is 5.31. The van der Waals surface area contributed by atoms with Gasteiger partial charge in [0, 0.05) is 12.6 Å². The predicted molar refractivity (Wildman–Crippen MR) is 129 cm³/mol. The van der Waals surface area contributed by atoms with Gasteiger partial charge in [0.2, 0.25) is 5.91 Å². The molecule has 0 radical (unpaired) electrons. The summed E-state index contributed by atoms with van der Waals surface area (Å²) in [5.41, 5.74) is 1.87. The van der Waals surface area contributed by atoms with Crippen LogP contribution in [0.2, 0.25) is 15.1 Å². The van der Waals surface area contributed by atoms with Crippen LogP contribution in [0.3, 0.4) is 0 Å². The van der Waals surface area contributed by atoms with E-state index in [4.69, 9.17) is 34.8 Å². The minimum absolute atomic E-state index is 0.0759. The lowest BCUT2D eigenvalue weighted by Crippen LogP contribution is -2.29. The van der Waals surface area contributed by atoms with E-state index in [0.717, 1.165) is 5.56 Å². The number of hydrogen-bond acceptors (Lipinski definition) is 5. The fourth-order valence-corrected chi connectivity index (χ4v) is 4.24. The van der Waals surface area contributed by atoms with Gasteiger partial charge in [-0.2, -0.15) is 0 Å². The molecular formula is C21H20Cl3N5O2S. The molecule has 0 aliphatic rings. The maximum atomic E-state index is 12.6. The standard InChI is InChI=1S/C21H20Cl3N5O2S/c1-11-6-4-5-7-13(11)20(31)25-12(2)19-27-28-21(29(19)3)32-10-18(30)26-17-9-15(23)14(22)8-16(17)24/h4-9,12H,10H2,1-3H3,(H,25,31)(H,26,30)/t12-/m0/s1. The van der Waals surface area contributed by atoms with E-state index in [1.54, 1.807) is 17.7 Å². The van der Waals surface area contributed by atoms with Crippen LogP contribution in [0.15, 0.2) is 41.6 Å². The normalized spacial score (nSPS) is 11.8. The summed E-state index contributed by atoms with van der Waals surface area (Å²) >= 11 is 19.2. The van der Waals surface area contributed by atoms with Crippen LogP contribution in [0.25, 0.3) is 0 Å². The molecule has 0 bridgehead atoms. The summed E-state index contributed by atoms with van der Waals surface area (Å²) in [4.78, 5) is 24.9. The minimum Gasteiger partial charge on any atom is -0.342 e. The summed E-state index contributed by atoms with van der Waals surface area (Å²) in [7, 11) is 1.78. The molecule has 7 nitrogen and oxygen atoms in total. The van der Waals surface area contributed by atoms with Crippen molar-refractivity contribution in [2.75, 3.05) is 11.1 Å². The Morgan fingerprint density at radius 3 is 2.50 bits per heavy atom. The molecule has 0 aliphatic carbocycles. The van der Waals surface area contributed by atoms with Gasteiger partial charge in [0.15, 0.2) is 11.0 Å². The van der Waals surface area contributed by atoms with Crippen LogP contribution in [-0.2, 0) is 11.8 Å². The Labute approximate surface area is 204 Å². The van der Waals surface area contributed by atoms with Crippen molar-refractivity contribution in [1.29, 1.82) is 0 Å². The molecule has 0 saturated carbocycles. The van der Waals surface area contributed by atoms with E-state index in [0.29, 0.717) is 32.3 Å². The number of rotatable bonds is 7. The summed E-state index contributed by atoms with van der Waals surface area (Å²) < 4.78 is 1.74. The maximum Gasteiger partial charge on any atom is 0.252 e. The Kier molecular flexibility index (Phi) is 8.05. The van der Waals surface area contributed by atoms with Gasteiger partial charge >= 0.3 is 0 Å². The summed E-state index contributed by atoms with van der Waals surface area (Å²) in [6, 6.07) is 9.94. The first kappa shape index (κ1) is 24.4. The third kappa shape index (κ3) is 5.75. The molecule has 11 heteroatoms.